The van der Waals surface area contributed by atoms with Gasteiger partial charge >= 0.3 is 0 Å². The molecule has 0 spiro atoms. The largest absolute Gasteiger partial charge is 0.478 e. The molecule has 0 unspecified atom stereocenters. The number of nitrogens with zero attached hydrogens (tertiary/aromatic N) is 1. The van der Waals surface area contributed by atoms with Crippen molar-refractivity contribution in [2.24, 2.45) is 0 Å². The monoisotopic (exact) mass is 260 g/mol. The molecule has 0 aliphatic carbocycles. The van der Waals surface area contributed by atoms with Crippen LogP contribution in [0.5, 0.6) is 0 Å². The number of hydrogen-bond acceptors (Lipinski definition) is 4. The second-order valence-electron chi connectivity index (χ2n) is 3.70. The van der Waals surface area contributed by atoms with Gasteiger partial charge in [0.15, 0.2) is 0 Å². The van der Waals surface area contributed by atoms with Gasteiger partial charge in [0.25, 0.3) is 5.91 Å². The van der Waals surface area contributed by atoms with E-state index in [2.05, 4.69) is 5.32 Å². The molecule has 0 aromatic heterocycles. The van der Waals surface area contributed by atoms with E-state index >= 15 is 0 Å². The van der Waals surface area contributed by atoms with E-state index < -0.39 is 0 Å². The number of nitriles is 1. The average molecular weight is 260 g/mol. The van der Waals surface area contributed by atoms with Crippen LogP contribution < -0.4 is 5.32 Å². The zero-order valence-electron chi connectivity index (χ0n) is 9.90. The lowest BCUT2D eigenvalue weighted by molar-refractivity contribution is 0.0930. The summed E-state index contributed by atoms with van der Waals surface area (Å²) in [5, 5.41) is 11.5. The highest BCUT2D eigenvalue weighted by Gasteiger charge is 2.18. The molecule has 0 atom stereocenters. The Labute approximate surface area is 110 Å². The molecule has 1 heterocycles. The molecule has 1 N–H and O–H groups in total. The summed E-state index contributed by atoms with van der Waals surface area (Å²) in [5.74, 6) is 0.0348. The first kappa shape index (κ1) is 12.5. The Balaban J connectivity index is 2.15. The number of carbonyl (C=O) groups is 1. The molecular weight excluding hydrogens is 248 g/mol. The Hall–Kier alpha value is -1.93. The van der Waals surface area contributed by atoms with E-state index in [0.29, 0.717) is 24.2 Å². The van der Waals surface area contributed by atoms with Crippen LogP contribution in [0.15, 0.2) is 40.6 Å². The van der Waals surface area contributed by atoms with Crippen molar-refractivity contribution in [3.63, 3.8) is 0 Å². The van der Waals surface area contributed by atoms with Crippen LogP contribution in [0.3, 0.4) is 0 Å². The fourth-order valence-electron chi connectivity index (χ4n) is 1.61. The van der Waals surface area contributed by atoms with E-state index in [1.807, 2.05) is 30.5 Å². The summed E-state index contributed by atoms with van der Waals surface area (Å²) >= 11 is 1.57. The molecule has 0 radical (unpaired) electrons. The number of nitrogens with one attached hydrogen (secondary N) is 1. The van der Waals surface area contributed by atoms with Crippen LogP contribution in [-0.2, 0) is 4.74 Å². The third-order valence-electron chi connectivity index (χ3n) is 2.57. The van der Waals surface area contributed by atoms with Crippen molar-refractivity contribution in [2.45, 2.75) is 11.3 Å². The van der Waals surface area contributed by atoms with Gasteiger partial charge in [0, 0.05) is 16.9 Å². The molecule has 1 amide bonds. The van der Waals surface area contributed by atoms with Crippen LogP contribution in [-0.4, -0.2) is 18.8 Å². The minimum Gasteiger partial charge on any atom is -0.478 e. The molecule has 4 nitrogen and oxygen atoms in total. The van der Waals surface area contributed by atoms with Crippen LogP contribution in [0.2, 0.25) is 0 Å². The van der Waals surface area contributed by atoms with Gasteiger partial charge in [0.1, 0.15) is 6.07 Å². The quantitative estimate of drug-likeness (QED) is 0.847. The topological polar surface area (TPSA) is 62.1 Å². The first-order chi connectivity index (χ1) is 8.74. The van der Waals surface area contributed by atoms with Gasteiger partial charge in [-0.1, -0.05) is 6.07 Å². The fraction of sp³-hybridized carbons (Fsp3) is 0.231. The van der Waals surface area contributed by atoms with Gasteiger partial charge in [-0.25, -0.2) is 0 Å². The van der Waals surface area contributed by atoms with Gasteiger partial charge in [-0.3, -0.25) is 10.1 Å². The fourth-order valence-corrected chi connectivity index (χ4v) is 2.07. The van der Waals surface area contributed by atoms with Crippen molar-refractivity contribution >= 4 is 17.7 Å². The Bertz CT molecular complexity index is 546. The smallest absolute Gasteiger partial charge is 0.258 e. The highest BCUT2D eigenvalue weighted by Crippen LogP contribution is 2.18. The molecule has 0 saturated carbocycles. The molecule has 1 aliphatic rings. The van der Waals surface area contributed by atoms with Crippen molar-refractivity contribution in [3.05, 3.63) is 41.3 Å². The summed E-state index contributed by atoms with van der Waals surface area (Å²) < 4.78 is 5.23. The van der Waals surface area contributed by atoms with Gasteiger partial charge < -0.3 is 4.74 Å². The number of thioether (sulfide) groups is 1. The number of benzene rings is 1. The summed E-state index contributed by atoms with van der Waals surface area (Å²) in [6.45, 7) is 0.448. The third kappa shape index (κ3) is 2.66. The highest BCUT2D eigenvalue weighted by atomic mass is 32.2. The zero-order valence-corrected chi connectivity index (χ0v) is 10.7. The maximum atomic E-state index is 12.0. The summed E-state index contributed by atoms with van der Waals surface area (Å²) in [5.41, 5.74) is 1.05. The van der Waals surface area contributed by atoms with Crippen molar-refractivity contribution in [2.75, 3.05) is 12.9 Å². The van der Waals surface area contributed by atoms with Crippen LogP contribution in [0.4, 0.5) is 0 Å². The molecule has 0 bridgehead atoms. The van der Waals surface area contributed by atoms with Crippen LogP contribution >= 0.6 is 11.8 Å². The van der Waals surface area contributed by atoms with Crippen molar-refractivity contribution in [3.8, 4) is 6.07 Å². The Kier molecular flexibility index (Phi) is 3.90. The molecule has 0 fully saturated rings. The Morgan fingerprint density at radius 3 is 3.11 bits per heavy atom. The SMILES string of the molecule is CSc1cccc(C(=O)NC2=C(C#N)CCO2)c1. The predicted molar refractivity (Wildman–Crippen MR) is 68.9 cm³/mol. The van der Waals surface area contributed by atoms with E-state index in [-0.39, 0.29) is 11.8 Å². The molecule has 1 aromatic carbocycles. The zero-order chi connectivity index (χ0) is 13.0. The molecule has 2 rings (SSSR count). The van der Waals surface area contributed by atoms with E-state index in [0.717, 1.165) is 4.90 Å². The average Bonchev–Trinajstić information content (AvgIpc) is 2.86. The third-order valence-corrected chi connectivity index (χ3v) is 3.29. The van der Waals surface area contributed by atoms with Crippen LogP contribution in [0.1, 0.15) is 16.8 Å². The van der Waals surface area contributed by atoms with Crippen molar-refractivity contribution in [1.29, 1.82) is 5.26 Å². The molecule has 92 valence electrons. The maximum absolute atomic E-state index is 12.0. The molecule has 1 aliphatic heterocycles. The second-order valence-corrected chi connectivity index (χ2v) is 4.58. The lowest BCUT2D eigenvalue weighted by Crippen LogP contribution is -2.23. The summed E-state index contributed by atoms with van der Waals surface area (Å²) in [4.78, 5) is 13.0. The molecule has 0 saturated heterocycles. The van der Waals surface area contributed by atoms with E-state index in [9.17, 15) is 4.79 Å². The van der Waals surface area contributed by atoms with E-state index in [1.165, 1.54) is 0 Å². The molecule has 5 heteroatoms. The molecule has 1 aromatic rings. The number of amides is 1. The number of ether oxygens (including phenoxy) is 1. The normalized spacial score (nSPS) is 14.0. The lowest BCUT2D eigenvalue weighted by Gasteiger charge is -2.07. The summed E-state index contributed by atoms with van der Waals surface area (Å²) in [7, 11) is 0. The maximum Gasteiger partial charge on any atom is 0.258 e. The summed E-state index contributed by atoms with van der Waals surface area (Å²) in [6, 6.07) is 9.34. The van der Waals surface area contributed by atoms with E-state index in [1.54, 1.807) is 17.8 Å². The molecule has 18 heavy (non-hydrogen) atoms. The number of hydrogen-bond donors (Lipinski definition) is 1. The Morgan fingerprint density at radius 2 is 2.39 bits per heavy atom. The van der Waals surface area contributed by atoms with Crippen LogP contribution in [0.25, 0.3) is 0 Å². The first-order valence-corrected chi connectivity index (χ1v) is 6.68. The van der Waals surface area contributed by atoms with Gasteiger partial charge in [0.05, 0.1) is 12.2 Å². The first-order valence-electron chi connectivity index (χ1n) is 5.46. The second kappa shape index (κ2) is 5.61. The van der Waals surface area contributed by atoms with Gasteiger partial charge in [-0.05, 0) is 24.5 Å². The highest BCUT2D eigenvalue weighted by molar-refractivity contribution is 7.98. The minimum atomic E-state index is -0.254. The van der Waals surface area contributed by atoms with Gasteiger partial charge in [-0.2, -0.15) is 5.26 Å². The van der Waals surface area contributed by atoms with Gasteiger partial charge in [0.2, 0.25) is 5.88 Å². The van der Waals surface area contributed by atoms with Crippen molar-refractivity contribution in [1.82, 2.24) is 5.32 Å². The number of rotatable bonds is 3. The standard InChI is InChI=1S/C13H12N2O2S/c1-18-11-4-2-3-9(7-11)12(16)15-13-10(8-14)5-6-17-13/h2-4,7H,5-6H2,1H3,(H,15,16). The van der Waals surface area contributed by atoms with Crippen molar-refractivity contribution < 1.29 is 9.53 Å². The van der Waals surface area contributed by atoms with E-state index in [4.69, 9.17) is 10.00 Å². The Morgan fingerprint density at radius 1 is 1.56 bits per heavy atom. The molecular formula is C13H12N2O2S. The summed E-state index contributed by atoms with van der Waals surface area (Å²) in [6.07, 6.45) is 2.50. The minimum absolute atomic E-state index is 0.254. The number of carbonyl (C=O) groups excluding carboxylic acids is 1. The van der Waals surface area contributed by atoms with Crippen LogP contribution in [0, 0.1) is 11.3 Å². The predicted octanol–water partition coefficient (Wildman–Crippen LogP) is 2.29. The van der Waals surface area contributed by atoms with Gasteiger partial charge in [-0.15, -0.1) is 11.8 Å². The lowest BCUT2D eigenvalue weighted by atomic mass is 10.2.